The Morgan fingerprint density at radius 3 is 2.53 bits per heavy atom. The Hall–Kier alpha value is -2.82. The summed E-state index contributed by atoms with van der Waals surface area (Å²) < 4.78 is 14.0. The highest BCUT2D eigenvalue weighted by atomic mass is 127. The molecule has 8 heteroatoms. The zero-order chi connectivity index (χ0) is 26.6. The van der Waals surface area contributed by atoms with Crippen LogP contribution in [0.3, 0.4) is 0 Å². The average Bonchev–Trinajstić information content (AvgIpc) is 3.17. The van der Waals surface area contributed by atoms with Crippen LogP contribution in [-0.2, 0) is 17.9 Å². The fraction of sp³-hybridized carbons (Fsp3) is 0.133. The monoisotopic (exact) mass is 699 g/mol. The summed E-state index contributed by atoms with van der Waals surface area (Å²) in [6.07, 6.45) is 1.74. The number of imide groups is 1. The van der Waals surface area contributed by atoms with Crippen molar-refractivity contribution in [1.29, 1.82) is 0 Å². The van der Waals surface area contributed by atoms with Crippen molar-refractivity contribution >= 4 is 78.3 Å². The largest absolute Gasteiger partial charge is 0.490 e. The minimum atomic E-state index is -0.299. The van der Waals surface area contributed by atoms with Crippen LogP contribution in [0.1, 0.15) is 23.6 Å². The SMILES string of the molecule is CCOc1cc(/C=C2\SC(=O)N(Cc3ccc(Br)cc3)C2=O)cc(I)c1OCc1cccc2ccccc12. The molecule has 0 spiro atoms. The number of hydrogen-bond donors (Lipinski definition) is 0. The lowest BCUT2D eigenvalue weighted by molar-refractivity contribution is -0.123. The topological polar surface area (TPSA) is 55.8 Å². The van der Waals surface area contributed by atoms with Crippen LogP contribution in [0.5, 0.6) is 11.5 Å². The second kappa shape index (κ2) is 11.9. The van der Waals surface area contributed by atoms with Gasteiger partial charge in [-0.3, -0.25) is 14.5 Å². The first-order valence-electron chi connectivity index (χ1n) is 12.0. The molecule has 1 saturated heterocycles. The number of ether oxygens (including phenoxy) is 2. The number of nitrogens with zero attached hydrogens (tertiary/aromatic N) is 1. The van der Waals surface area contributed by atoms with Gasteiger partial charge in [0.05, 0.1) is 21.6 Å². The zero-order valence-corrected chi connectivity index (χ0v) is 25.0. The van der Waals surface area contributed by atoms with Crippen molar-refractivity contribution in [3.8, 4) is 11.5 Å². The molecule has 0 atom stereocenters. The van der Waals surface area contributed by atoms with E-state index in [9.17, 15) is 9.59 Å². The fourth-order valence-electron chi connectivity index (χ4n) is 4.20. The second-order valence-electron chi connectivity index (χ2n) is 8.58. The number of halogens is 2. The van der Waals surface area contributed by atoms with Gasteiger partial charge in [0.15, 0.2) is 11.5 Å². The molecule has 0 unspecified atom stereocenters. The molecular weight excluding hydrogens is 677 g/mol. The van der Waals surface area contributed by atoms with Gasteiger partial charge in [0.25, 0.3) is 11.1 Å². The molecule has 4 aromatic rings. The van der Waals surface area contributed by atoms with Gasteiger partial charge in [-0.2, -0.15) is 0 Å². The summed E-state index contributed by atoms with van der Waals surface area (Å²) in [6, 6.07) is 25.8. The van der Waals surface area contributed by atoms with E-state index in [0.29, 0.717) is 29.6 Å². The summed E-state index contributed by atoms with van der Waals surface area (Å²) in [6.45, 7) is 3.01. The average molecular weight is 700 g/mol. The van der Waals surface area contributed by atoms with Gasteiger partial charge < -0.3 is 9.47 Å². The smallest absolute Gasteiger partial charge is 0.293 e. The molecule has 5 nitrogen and oxygen atoms in total. The van der Waals surface area contributed by atoms with Crippen LogP contribution in [0.25, 0.3) is 16.8 Å². The Balaban J connectivity index is 1.38. The van der Waals surface area contributed by atoms with Gasteiger partial charge in [-0.05, 0) is 99.1 Å². The quantitative estimate of drug-likeness (QED) is 0.137. The molecule has 1 heterocycles. The van der Waals surface area contributed by atoms with Crippen LogP contribution in [0, 0.1) is 3.57 Å². The molecule has 4 aromatic carbocycles. The van der Waals surface area contributed by atoms with Gasteiger partial charge in [0, 0.05) is 4.47 Å². The van der Waals surface area contributed by atoms with Crippen LogP contribution < -0.4 is 9.47 Å². The van der Waals surface area contributed by atoms with E-state index >= 15 is 0 Å². The maximum atomic E-state index is 13.1. The second-order valence-corrected chi connectivity index (χ2v) is 11.7. The highest BCUT2D eigenvalue weighted by Crippen LogP contribution is 2.38. The van der Waals surface area contributed by atoms with E-state index < -0.39 is 0 Å². The Morgan fingerprint density at radius 2 is 1.74 bits per heavy atom. The molecule has 0 aromatic heterocycles. The van der Waals surface area contributed by atoms with Gasteiger partial charge in [0.1, 0.15) is 6.61 Å². The molecule has 2 amide bonds. The lowest BCUT2D eigenvalue weighted by Gasteiger charge is -2.16. The predicted molar refractivity (Wildman–Crippen MR) is 164 cm³/mol. The third-order valence-corrected chi connectivity index (χ3v) is 8.25. The predicted octanol–water partition coefficient (Wildman–Crippen LogP) is 8.42. The Labute approximate surface area is 247 Å². The Morgan fingerprint density at radius 1 is 0.974 bits per heavy atom. The highest BCUT2D eigenvalue weighted by Gasteiger charge is 2.35. The van der Waals surface area contributed by atoms with E-state index in [1.807, 2.05) is 61.5 Å². The first-order valence-corrected chi connectivity index (χ1v) is 14.7. The van der Waals surface area contributed by atoms with Crippen molar-refractivity contribution in [2.24, 2.45) is 0 Å². The molecule has 0 radical (unpaired) electrons. The van der Waals surface area contributed by atoms with Crippen molar-refractivity contribution in [2.75, 3.05) is 6.61 Å². The molecule has 0 bridgehead atoms. The van der Waals surface area contributed by atoms with Gasteiger partial charge in [0.2, 0.25) is 0 Å². The van der Waals surface area contributed by atoms with Gasteiger partial charge >= 0.3 is 0 Å². The van der Waals surface area contributed by atoms with Crippen molar-refractivity contribution in [3.05, 3.63) is 109 Å². The third-order valence-electron chi connectivity index (χ3n) is 6.01. The Kier molecular flexibility index (Phi) is 8.40. The first kappa shape index (κ1) is 26.8. The van der Waals surface area contributed by atoms with E-state index in [0.717, 1.165) is 47.3 Å². The summed E-state index contributed by atoms with van der Waals surface area (Å²) >= 11 is 6.58. The lowest BCUT2D eigenvalue weighted by atomic mass is 10.1. The molecule has 0 aliphatic carbocycles. The number of fused-ring (bicyclic) bond motifs is 1. The molecule has 0 N–H and O–H groups in total. The van der Waals surface area contributed by atoms with Crippen molar-refractivity contribution < 1.29 is 19.1 Å². The molecular formula is C30H23BrINO4S. The minimum Gasteiger partial charge on any atom is -0.490 e. The number of amides is 2. The van der Waals surface area contributed by atoms with Crippen molar-refractivity contribution in [2.45, 2.75) is 20.1 Å². The summed E-state index contributed by atoms with van der Waals surface area (Å²) in [5, 5.41) is 2.04. The van der Waals surface area contributed by atoms with E-state index in [4.69, 9.17) is 9.47 Å². The molecule has 192 valence electrons. The number of hydrogen-bond acceptors (Lipinski definition) is 5. The number of thioether (sulfide) groups is 1. The molecule has 1 aliphatic rings. The van der Waals surface area contributed by atoms with E-state index in [-0.39, 0.29) is 17.7 Å². The molecule has 1 fully saturated rings. The molecule has 1 aliphatic heterocycles. The number of carbonyl (C=O) groups is 2. The first-order chi connectivity index (χ1) is 18.4. The van der Waals surface area contributed by atoms with Crippen LogP contribution in [-0.4, -0.2) is 22.7 Å². The van der Waals surface area contributed by atoms with Gasteiger partial charge in [-0.1, -0.05) is 70.5 Å². The number of benzene rings is 4. The normalized spacial score (nSPS) is 14.5. The highest BCUT2D eigenvalue weighted by molar-refractivity contribution is 14.1. The summed E-state index contributed by atoms with van der Waals surface area (Å²) in [7, 11) is 0. The van der Waals surface area contributed by atoms with Crippen LogP contribution in [0.15, 0.2) is 88.2 Å². The minimum absolute atomic E-state index is 0.234. The summed E-state index contributed by atoms with van der Waals surface area (Å²) in [5.41, 5.74) is 2.74. The van der Waals surface area contributed by atoms with Crippen LogP contribution in [0.2, 0.25) is 0 Å². The van der Waals surface area contributed by atoms with Gasteiger partial charge in [-0.25, -0.2) is 0 Å². The number of carbonyl (C=O) groups excluding carboxylic acids is 2. The van der Waals surface area contributed by atoms with E-state index in [2.05, 4.69) is 62.8 Å². The van der Waals surface area contributed by atoms with E-state index in [1.165, 1.54) is 4.90 Å². The summed E-state index contributed by atoms with van der Waals surface area (Å²) in [5.74, 6) is 0.952. The molecule has 38 heavy (non-hydrogen) atoms. The summed E-state index contributed by atoms with van der Waals surface area (Å²) in [4.78, 5) is 27.4. The standard InChI is InChI=1S/C30H23BrINO4S/c1-2-36-26-15-20(16-27-29(34)33(30(35)38-27)17-19-10-12-23(31)13-11-19)14-25(32)28(26)37-18-22-8-5-7-21-6-3-4-9-24(21)22/h3-16H,2,17-18H2,1H3/b27-16-. The van der Waals surface area contributed by atoms with Gasteiger partial charge in [-0.15, -0.1) is 0 Å². The van der Waals surface area contributed by atoms with Crippen molar-refractivity contribution in [1.82, 2.24) is 4.90 Å². The van der Waals surface area contributed by atoms with E-state index in [1.54, 1.807) is 6.08 Å². The Bertz CT molecular complexity index is 1550. The maximum Gasteiger partial charge on any atom is 0.293 e. The third kappa shape index (κ3) is 5.92. The zero-order valence-electron chi connectivity index (χ0n) is 20.4. The van der Waals surface area contributed by atoms with Crippen molar-refractivity contribution in [3.63, 3.8) is 0 Å². The van der Waals surface area contributed by atoms with Crippen LogP contribution >= 0.6 is 50.3 Å². The fourth-order valence-corrected chi connectivity index (χ4v) is 6.09. The lowest BCUT2D eigenvalue weighted by Crippen LogP contribution is -2.27. The molecule has 5 rings (SSSR count). The van der Waals surface area contributed by atoms with Crippen LogP contribution in [0.4, 0.5) is 4.79 Å². The molecule has 0 saturated carbocycles. The maximum absolute atomic E-state index is 13.1. The number of rotatable bonds is 8.